The zero-order valence-corrected chi connectivity index (χ0v) is 13.8. The Morgan fingerprint density at radius 1 is 1.00 bits per heavy atom. The van der Waals surface area contributed by atoms with Crippen LogP contribution in [0.15, 0.2) is 30.2 Å². The van der Waals surface area contributed by atoms with Crippen molar-refractivity contribution < 1.29 is 35.9 Å². The Labute approximate surface area is 152 Å². The molecule has 3 amide bonds. The highest BCUT2D eigenvalue weighted by atomic mass is 19.4. The molecule has 1 aliphatic rings. The smallest absolute Gasteiger partial charge is 0.301 e. The fraction of sp³-hybridized carbons (Fsp3) is 0.200. The molecule has 148 valence electrons. The lowest BCUT2D eigenvalue weighted by atomic mass is 10.0. The summed E-state index contributed by atoms with van der Waals surface area (Å²) in [6.07, 6.45) is -8.02. The second kappa shape index (κ2) is 6.35. The third-order valence-corrected chi connectivity index (χ3v) is 3.70. The van der Waals surface area contributed by atoms with Crippen LogP contribution in [0.4, 0.5) is 31.1 Å². The van der Waals surface area contributed by atoms with Gasteiger partial charge in [-0.2, -0.15) is 26.3 Å². The third kappa shape index (κ3) is 3.68. The van der Waals surface area contributed by atoms with E-state index in [1.807, 2.05) is 0 Å². The van der Waals surface area contributed by atoms with Gasteiger partial charge in [-0.3, -0.25) is 9.69 Å². The molecular weight excluding hydrogens is 396 g/mol. The van der Waals surface area contributed by atoms with Crippen molar-refractivity contribution in [1.82, 2.24) is 25.0 Å². The number of benzene rings is 1. The van der Waals surface area contributed by atoms with Crippen molar-refractivity contribution in [3.8, 4) is 11.4 Å². The summed E-state index contributed by atoms with van der Waals surface area (Å²) < 4.78 is 78.5. The number of likely N-dealkylation sites (N-methyl/N-ethyl adjacent to an activating group) is 1. The van der Waals surface area contributed by atoms with Gasteiger partial charge in [0.05, 0.1) is 17.3 Å². The van der Waals surface area contributed by atoms with Gasteiger partial charge in [0.15, 0.2) is 5.82 Å². The van der Waals surface area contributed by atoms with Gasteiger partial charge in [-0.15, -0.1) is 5.10 Å². The van der Waals surface area contributed by atoms with Crippen LogP contribution in [-0.2, 0) is 17.1 Å². The first-order valence-electron chi connectivity index (χ1n) is 7.38. The Kier molecular flexibility index (Phi) is 4.40. The van der Waals surface area contributed by atoms with Crippen LogP contribution in [0.2, 0.25) is 0 Å². The molecule has 2 aromatic rings. The van der Waals surface area contributed by atoms with Crippen molar-refractivity contribution in [2.24, 2.45) is 0 Å². The van der Waals surface area contributed by atoms with Gasteiger partial charge in [0.25, 0.3) is 5.91 Å². The van der Waals surface area contributed by atoms with E-state index in [2.05, 4.69) is 15.4 Å². The van der Waals surface area contributed by atoms with E-state index in [0.29, 0.717) is 12.1 Å². The molecule has 0 aliphatic carbocycles. The summed E-state index contributed by atoms with van der Waals surface area (Å²) in [4.78, 5) is 27.6. The lowest BCUT2D eigenvalue weighted by molar-refractivity contribution is -0.143. The lowest BCUT2D eigenvalue weighted by Crippen LogP contribution is -2.25. The average molecular weight is 405 g/mol. The normalized spacial score (nSPS) is 16.8. The number of hydrogen-bond acceptors (Lipinski definition) is 4. The molecule has 1 N–H and O–H groups in total. The van der Waals surface area contributed by atoms with Gasteiger partial charge in [0.1, 0.15) is 12.0 Å². The fourth-order valence-corrected chi connectivity index (χ4v) is 2.30. The first-order valence-corrected chi connectivity index (χ1v) is 7.38. The SMILES string of the molecule is CN1C(=O)NC(=Cn2cnc(-c3cc(C(F)(F)F)cc(C(F)(F)F)c3)n2)C1=O. The summed E-state index contributed by atoms with van der Waals surface area (Å²) >= 11 is 0. The summed E-state index contributed by atoms with van der Waals surface area (Å²) in [5.74, 6) is -1.13. The first kappa shape index (κ1) is 19.4. The van der Waals surface area contributed by atoms with Gasteiger partial charge in [0.2, 0.25) is 0 Å². The number of urea groups is 1. The van der Waals surface area contributed by atoms with E-state index in [1.165, 1.54) is 7.05 Å². The second-order valence-electron chi connectivity index (χ2n) is 5.68. The minimum Gasteiger partial charge on any atom is -0.301 e. The number of hydrogen-bond donors (Lipinski definition) is 1. The van der Waals surface area contributed by atoms with E-state index in [1.54, 1.807) is 0 Å². The summed E-state index contributed by atoms with van der Waals surface area (Å²) in [7, 11) is 1.21. The van der Waals surface area contributed by atoms with Crippen LogP contribution in [0.1, 0.15) is 11.1 Å². The lowest BCUT2D eigenvalue weighted by Gasteiger charge is -2.13. The Balaban J connectivity index is 2.01. The van der Waals surface area contributed by atoms with Crippen LogP contribution in [0.5, 0.6) is 0 Å². The second-order valence-corrected chi connectivity index (χ2v) is 5.68. The molecule has 1 aromatic heterocycles. The van der Waals surface area contributed by atoms with E-state index < -0.39 is 46.8 Å². The number of imide groups is 1. The Morgan fingerprint density at radius 3 is 2.04 bits per heavy atom. The number of amides is 3. The number of aromatic nitrogens is 3. The molecule has 7 nitrogen and oxygen atoms in total. The maximum absolute atomic E-state index is 12.9. The van der Waals surface area contributed by atoms with Crippen LogP contribution in [0.3, 0.4) is 0 Å². The molecule has 0 spiro atoms. The van der Waals surface area contributed by atoms with Crippen molar-refractivity contribution in [2.75, 3.05) is 7.05 Å². The van der Waals surface area contributed by atoms with E-state index in [4.69, 9.17) is 0 Å². The van der Waals surface area contributed by atoms with E-state index in [0.717, 1.165) is 22.1 Å². The van der Waals surface area contributed by atoms with Crippen LogP contribution >= 0.6 is 0 Å². The molecule has 1 fully saturated rings. The molecule has 0 radical (unpaired) electrons. The van der Waals surface area contributed by atoms with Crippen molar-refractivity contribution in [1.29, 1.82) is 0 Å². The monoisotopic (exact) mass is 405 g/mol. The van der Waals surface area contributed by atoms with Gasteiger partial charge in [-0.25, -0.2) is 14.5 Å². The summed E-state index contributed by atoms with van der Waals surface area (Å²) in [5.41, 5.74) is -3.72. The number of carbonyl (C=O) groups is 2. The van der Waals surface area contributed by atoms with Crippen LogP contribution in [0, 0.1) is 0 Å². The van der Waals surface area contributed by atoms with Gasteiger partial charge in [0, 0.05) is 12.6 Å². The number of rotatable bonds is 2. The highest BCUT2D eigenvalue weighted by Crippen LogP contribution is 2.38. The fourth-order valence-electron chi connectivity index (χ4n) is 2.30. The summed E-state index contributed by atoms with van der Waals surface area (Å²) in [5, 5.41) is 5.97. The molecule has 13 heteroatoms. The van der Waals surface area contributed by atoms with Crippen molar-refractivity contribution in [3.63, 3.8) is 0 Å². The maximum atomic E-state index is 12.9. The van der Waals surface area contributed by atoms with Gasteiger partial charge < -0.3 is 5.32 Å². The molecule has 0 unspecified atom stereocenters. The van der Waals surface area contributed by atoms with Crippen LogP contribution in [0.25, 0.3) is 17.6 Å². The van der Waals surface area contributed by atoms with Crippen molar-refractivity contribution in [2.45, 2.75) is 12.4 Å². The van der Waals surface area contributed by atoms with Gasteiger partial charge in [-0.1, -0.05) is 0 Å². The molecule has 0 saturated carbocycles. The third-order valence-electron chi connectivity index (χ3n) is 3.70. The number of halogens is 6. The quantitative estimate of drug-likeness (QED) is 0.473. The minimum absolute atomic E-state index is 0.00890. The average Bonchev–Trinajstić information content (AvgIpc) is 3.14. The largest absolute Gasteiger partial charge is 0.416 e. The molecule has 28 heavy (non-hydrogen) atoms. The summed E-state index contributed by atoms with van der Waals surface area (Å²) in [6, 6.07) is 0.256. The van der Waals surface area contributed by atoms with Crippen molar-refractivity contribution in [3.05, 3.63) is 41.4 Å². The predicted octanol–water partition coefficient (Wildman–Crippen LogP) is 2.96. The standard InChI is InChI=1S/C15H9F6N5O2/c1-25-12(27)10(23-13(25)28)5-26-6-22-11(24-26)7-2-8(14(16,17)18)4-9(3-7)15(19,20)21/h2-6H,1H3,(H,23,28). The maximum Gasteiger partial charge on any atom is 0.416 e. The minimum atomic E-state index is -5.01. The van der Waals surface area contributed by atoms with Gasteiger partial charge in [-0.05, 0) is 18.2 Å². The number of alkyl halides is 6. The molecule has 0 atom stereocenters. The van der Waals surface area contributed by atoms with Crippen molar-refractivity contribution >= 4 is 18.1 Å². The zero-order valence-electron chi connectivity index (χ0n) is 13.8. The molecule has 3 rings (SSSR count). The van der Waals surface area contributed by atoms with E-state index in [-0.39, 0.29) is 11.8 Å². The zero-order chi connectivity index (χ0) is 20.9. The first-order chi connectivity index (χ1) is 12.9. The molecular formula is C15H9F6N5O2. The number of nitrogens with one attached hydrogen (secondary N) is 1. The van der Waals surface area contributed by atoms with E-state index in [9.17, 15) is 35.9 Å². The summed E-state index contributed by atoms with van der Waals surface area (Å²) in [6.45, 7) is 0. The Bertz CT molecular complexity index is 959. The Morgan fingerprint density at radius 2 is 1.57 bits per heavy atom. The topological polar surface area (TPSA) is 80.1 Å². The highest BCUT2D eigenvalue weighted by Gasteiger charge is 2.37. The highest BCUT2D eigenvalue weighted by molar-refractivity contribution is 6.12. The molecule has 2 heterocycles. The predicted molar refractivity (Wildman–Crippen MR) is 81.0 cm³/mol. The molecule has 1 aromatic carbocycles. The van der Waals surface area contributed by atoms with Crippen LogP contribution < -0.4 is 5.32 Å². The molecule has 0 bridgehead atoms. The van der Waals surface area contributed by atoms with Gasteiger partial charge >= 0.3 is 18.4 Å². The molecule has 1 saturated heterocycles. The van der Waals surface area contributed by atoms with E-state index >= 15 is 0 Å². The number of carbonyl (C=O) groups excluding carboxylic acids is 2. The number of nitrogens with zero attached hydrogens (tertiary/aromatic N) is 4. The Hall–Kier alpha value is -3.38. The van der Waals surface area contributed by atoms with Crippen LogP contribution in [-0.4, -0.2) is 38.7 Å². The molecule has 1 aliphatic heterocycles.